The number of halogens is 1. The topological polar surface area (TPSA) is 65.0 Å². The highest BCUT2D eigenvalue weighted by Gasteiger charge is 2.23. The van der Waals surface area contributed by atoms with Gasteiger partial charge >= 0.3 is 0 Å². The highest BCUT2D eigenvalue weighted by atomic mass is 127. The number of piperidine rings is 1. The number of hydrogen-bond donors (Lipinski definition) is 2. The van der Waals surface area contributed by atoms with E-state index in [9.17, 15) is 0 Å². The summed E-state index contributed by atoms with van der Waals surface area (Å²) in [5.41, 5.74) is 1.12. The Balaban J connectivity index is 0.00000363. The van der Waals surface area contributed by atoms with E-state index in [1.54, 1.807) is 0 Å². The van der Waals surface area contributed by atoms with Crippen LogP contribution in [0.1, 0.15) is 52.5 Å². The van der Waals surface area contributed by atoms with Crippen molar-refractivity contribution in [3.05, 3.63) is 23.9 Å². The number of ether oxygens (including phenoxy) is 1. The van der Waals surface area contributed by atoms with E-state index in [4.69, 9.17) is 9.73 Å². The fourth-order valence-corrected chi connectivity index (χ4v) is 4.37. The minimum absolute atomic E-state index is 0. The summed E-state index contributed by atoms with van der Waals surface area (Å²) in [7, 11) is 0. The highest BCUT2D eigenvalue weighted by Crippen LogP contribution is 2.18. The number of nitrogens with zero attached hydrogens (tertiary/aromatic N) is 4. The maximum absolute atomic E-state index is 5.82. The van der Waals surface area contributed by atoms with Crippen LogP contribution in [0.25, 0.3) is 0 Å². The van der Waals surface area contributed by atoms with Gasteiger partial charge in [-0.2, -0.15) is 0 Å². The molecule has 32 heavy (non-hydrogen) atoms. The summed E-state index contributed by atoms with van der Waals surface area (Å²) >= 11 is 0. The molecule has 8 heteroatoms. The van der Waals surface area contributed by atoms with Gasteiger partial charge in [-0.1, -0.05) is 13.0 Å². The van der Waals surface area contributed by atoms with Gasteiger partial charge in [-0.25, -0.2) is 9.98 Å². The first-order valence-electron chi connectivity index (χ1n) is 12.1. The Bertz CT molecular complexity index is 668. The van der Waals surface area contributed by atoms with E-state index in [2.05, 4.69) is 65.2 Å². The number of guanidine groups is 1. The second-order valence-corrected chi connectivity index (χ2v) is 9.19. The van der Waals surface area contributed by atoms with Crippen molar-refractivity contribution in [1.82, 2.24) is 20.5 Å². The van der Waals surface area contributed by atoms with Gasteiger partial charge in [-0.15, -0.1) is 24.0 Å². The van der Waals surface area contributed by atoms with E-state index < -0.39 is 0 Å². The fraction of sp³-hybridized carbons (Fsp3) is 0.750. The van der Waals surface area contributed by atoms with Gasteiger partial charge in [0.15, 0.2) is 5.96 Å². The number of likely N-dealkylation sites (tertiary alicyclic amines) is 1. The molecule has 1 aromatic rings. The number of nitrogens with one attached hydrogen (secondary N) is 2. The predicted molar refractivity (Wildman–Crippen MR) is 144 cm³/mol. The van der Waals surface area contributed by atoms with Gasteiger partial charge in [-0.05, 0) is 77.2 Å². The third kappa shape index (κ3) is 9.02. The first-order chi connectivity index (χ1) is 15.0. The lowest BCUT2D eigenvalue weighted by Gasteiger charge is -2.36. The van der Waals surface area contributed by atoms with Crippen molar-refractivity contribution in [2.45, 2.75) is 65.7 Å². The first-order valence-corrected chi connectivity index (χ1v) is 12.1. The third-order valence-corrected chi connectivity index (χ3v) is 6.14. The van der Waals surface area contributed by atoms with Crippen molar-refractivity contribution >= 4 is 35.8 Å². The molecule has 2 aliphatic heterocycles. The molecule has 2 aliphatic rings. The Hall–Kier alpha value is -1.13. The van der Waals surface area contributed by atoms with Crippen LogP contribution >= 0.6 is 24.0 Å². The van der Waals surface area contributed by atoms with Gasteiger partial charge in [0.25, 0.3) is 0 Å². The van der Waals surface area contributed by atoms with Crippen LogP contribution in [0.2, 0.25) is 0 Å². The monoisotopic (exact) mass is 558 g/mol. The molecule has 0 spiro atoms. The van der Waals surface area contributed by atoms with Crippen molar-refractivity contribution < 1.29 is 4.74 Å². The quantitative estimate of drug-likeness (QED) is 0.221. The Morgan fingerprint density at radius 1 is 1.12 bits per heavy atom. The summed E-state index contributed by atoms with van der Waals surface area (Å²) in [6.45, 7) is 16.6. The number of hydrogen-bond acceptors (Lipinski definition) is 5. The van der Waals surface area contributed by atoms with E-state index >= 15 is 0 Å². The molecule has 1 aromatic heterocycles. The van der Waals surface area contributed by atoms with Gasteiger partial charge < -0.3 is 25.2 Å². The van der Waals surface area contributed by atoms with Crippen LogP contribution in [-0.2, 0) is 11.3 Å². The first kappa shape index (κ1) is 27.1. The summed E-state index contributed by atoms with van der Waals surface area (Å²) < 4.78 is 5.82. The molecule has 2 atom stereocenters. The van der Waals surface area contributed by atoms with E-state index in [1.165, 1.54) is 32.5 Å². The van der Waals surface area contributed by atoms with E-state index in [1.807, 2.05) is 6.20 Å². The van der Waals surface area contributed by atoms with Crippen molar-refractivity contribution in [3.8, 4) is 0 Å². The van der Waals surface area contributed by atoms with Crippen LogP contribution in [0.5, 0.6) is 0 Å². The lowest BCUT2D eigenvalue weighted by molar-refractivity contribution is -0.00545. The smallest absolute Gasteiger partial charge is 0.191 e. The van der Waals surface area contributed by atoms with Crippen LogP contribution in [0.3, 0.4) is 0 Å². The Morgan fingerprint density at radius 2 is 1.84 bits per heavy atom. The zero-order valence-electron chi connectivity index (χ0n) is 20.3. The van der Waals surface area contributed by atoms with E-state index in [-0.39, 0.29) is 36.2 Å². The van der Waals surface area contributed by atoms with Crippen molar-refractivity contribution in [3.63, 3.8) is 0 Å². The Kier molecular flexibility index (Phi) is 12.0. The standard InChI is InChI=1S/C24H42N6O.HI/c1-5-25-24(26-11-6-12-29-13-9-19(2)10-14-29)28-16-22-7-8-23(27-15-22)30-17-20(3)31-21(4)18-30;/h7-8,15,19-21H,5-6,9-14,16-18H2,1-4H3,(H2,25,26,28);1H. The predicted octanol–water partition coefficient (Wildman–Crippen LogP) is 3.49. The second-order valence-electron chi connectivity index (χ2n) is 9.19. The lowest BCUT2D eigenvalue weighted by Crippen LogP contribution is -2.45. The molecule has 2 unspecified atom stereocenters. The molecule has 0 aromatic carbocycles. The summed E-state index contributed by atoms with van der Waals surface area (Å²) in [6.07, 6.45) is 6.25. The highest BCUT2D eigenvalue weighted by molar-refractivity contribution is 14.0. The van der Waals surface area contributed by atoms with Crippen molar-refractivity contribution in [1.29, 1.82) is 0 Å². The molecule has 0 aliphatic carbocycles. The van der Waals surface area contributed by atoms with E-state index in [0.717, 1.165) is 55.9 Å². The summed E-state index contributed by atoms with van der Waals surface area (Å²) in [5.74, 6) is 2.80. The Labute approximate surface area is 211 Å². The van der Waals surface area contributed by atoms with Crippen LogP contribution in [0.4, 0.5) is 5.82 Å². The Morgan fingerprint density at radius 3 is 2.47 bits per heavy atom. The van der Waals surface area contributed by atoms with E-state index in [0.29, 0.717) is 6.54 Å². The van der Waals surface area contributed by atoms with Gasteiger partial charge in [-0.3, -0.25) is 0 Å². The number of anilines is 1. The summed E-state index contributed by atoms with van der Waals surface area (Å²) in [6, 6.07) is 4.24. The normalized spacial score (nSPS) is 23.0. The third-order valence-electron chi connectivity index (χ3n) is 6.14. The molecule has 0 radical (unpaired) electrons. The molecule has 2 fully saturated rings. The molecule has 182 valence electrons. The second kappa shape index (κ2) is 14.2. The zero-order chi connectivity index (χ0) is 22.1. The molecular weight excluding hydrogens is 515 g/mol. The average Bonchev–Trinajstić information content (AvgIpc) is 2.76. The molecular formula is C24H43IN6O. The molecule has 0 amide bonds. The lowest BCUT2D eigenvalue weighted by atomic mass is 9.99. The molecule has 3 heterocycles. The molecule has 7 nitrogen and oxygen atoms in total. The molecule has 3 rings (SSSR count). The van der Waals surface area contributed by atoms with Gasteiger partial charge in [0.1, 0.15) is 5.82 Å². The molecule has 0 saturated carbocycles. The minimum atomic E-state index is 0. The number of aromatic nitrogens is 1. The average molecular weight is 559 g/mol. The number of morpholine rings is 1. The van der Waals surface area contributed by atoms with Crippen LogP contribution < -0.4 is 15.5 Å². The van der Waals surface area contributed by atoms with Crippen molar-refractivity contribution in [2.24, 2.45) is 10.9 Å². The number of pyridine rings is 1. The molecule has 2 saturated heterocycles. The maximum atomic E-state index is 5.82. The SMILES string of the molecule is CCNC(=NCc1ccc(N2CC(C)OC(C)C2)nc1)NCCCN1CCC(C)CC1.I. The molecule has 0 bridgehead atoms. The largest absolute Gasteiger partial charge is 0.372 e. The van der Waals surface area contributed by atoms with Crippen LogP contribution in [-0.4, -0.2) is 73.9 Å². The number of aliphatic imine (C=N–C) groups is 1. The maximum Gasteiger partial charge on any atom is 0.191 e. The zero-order valence-corrected chi connectivity index (χ0v) is 22.7. The summed E-state index contributed by atoms with van der Waals surface area (Å²) in [4.78, 5) is 14.3. The van der Waals surface area contributed by atoms with Crippen LogP contribution in [0.15, 0.2) is 23.3 Å². The minimum Gasteiger partial charge on any atom is -0.372 e. The molecule has 2 N–H and O–H groups in total. The van der Waals surface area contributed by atoms with Gasteiger partial charge in [0.05, 0.1) is 18.8 Å². The number of rotatable bonds is 8. The van der Waals surface area contributed by atoms with Gasteiger partial charge in [0, 0.05) is 32.4 Å². The van der Waals surface area contributed by atoms with Crippen LogP contribution in [0, 0.1) is 5.92 Å². The fourth-order valence-electron chi connectivity index (χ4n) is 4.37. The summed E-state index contributed by atoms with van der Waals surface area (Å²) in [5, 5.41) is 6.83. The van der Waals surface area contributed by atoms with Gasteiger partial charge in [0.2, 0.25) is 0 Å². The van der Waals surface area contributed by atoms with Crippen molar-refractivity contribution in [2.75, 3.05) is 50.7 Å².